The van der Waals surface area contributed by atoms with Gasteiger partial charge in [0.05, 0.1) is 6.42 Å². The molecule has 2 nitrogen and oxygen atoms in total. The Kier molecular flexibility index (Phi) is 6.19. The van der Waals surface area contributed by atoms with Gasteiger partial charge in [0.1, 0.15) is 0 Å². The minimum Gasteiger partial charge on any atom is -0.459 e. The third kappa shape index (κ3) is 4.94. The number of hydrogen-bond acceptors (Lipinski definition) is 2. The molecule has 0 aromatic rings. The maximum Gasteiger partial charge on any atom is 0.404 e. The molecule has 0 aromatic heterocycles. The van der Waals surface area contributed by atoms with Crippen LogP contribution in [0, 0.1) is 5.41 Å². The monoisotopic (exact) mass is 348 g/mol. The Morgan fingerprint density at radius 1 is 1.05 bits per heavy atom. The summed E-state index contributed by atoms with van der Waals surface area (Å²) in [6, 6.07) is 0. The lowest BCUT2D eigenvalue weighted by Crippen LogP contribution is -2.45. The first kappa shape index (κ1) is 20.8. The van der Waals surface area contributed by atoms with Gasteiger partial charge in [0.2, 0.25) is 0 Å². The Balaban J connectivity index is 4.89. The average Bonchev–Trinajstić information content (AvgIpc) is 2.32. The maximum atomic E-state index is 13.1. The van der Waals surface area contributed by atoms with Gasteiger partial charge in [-0.3, -0.25) is 4.79 Å². The van der Waals surface area contributed by atoms with Gasteiger partial charge in [0, 0.05) is 0 Å². The zero-order chi connectivity index (χ0) is 18.0. The van der Waals surface area contributed by atoms with Gasteiger partial charge in [-0.2, -0.15) is 13.2 Å². The van der Waals surface area contributed by atoms with Crippen molar-refractivity contribution in [1.29, 1.82) is 0 Å². The van der Waals surface area contributed by atoms with Gasteiger partial charge in [0.15, 0.2) is 12.0 Å². The van der Waals surface area contributed by atoms with E-state index in [9.17, 15) is 44.3 Å². The van der Waals surface area contributed by atoms with Gasteiger partial charge < -0.3 is 4.74 Å². The van der Waals surface area contributed by atoms with Gasteiger partial charge in [-0.25, -0.2) is 26.3 Å². The predicted octanol–water partition coefficient (Wildman–Crippen LogP) is 4.43. The second kappa shape index (κ2) is 6.53. The number of ether oxygens (including phenoxy) is 1. The number of rotatable bonds is 7. The van der Waals surface area contributed by atoms with Crippen molar-refractivity contribution in [3.63, 3.8) is 0 Å². The smallest absolute Gasteiger partial charge is 0.404 e. The Hall–Kier alpha value is -1.16. The average molecular weight is 348 g/mol. The highest BCUT2D eigenvalue weighted by atomic mass is 19.4. The van der Waals surface area contributed by atoms with E-state index in [1.165, 1.54) is 0 Å². The summed E-state index contributed by atoms with van der Waals surface area (Å²) in [6.07, 6.45) is -13.0. The van der Waals surface area contributed by atoms with E-state index in [4.69, 9.17) is 0 Å². The normalized spacial score (nSPS) is 16.5. The molecule has 0 saturated carbocycles. The summed E-state index contributed by atoms with van der Waals surface area (Å²) in [5, 5.41) is 0. The summed E-state index contributed by atoms with van der Waals surface area (Å²) in [4.78, 5) is 11.3. The van der Waals surface area contributed by atoms with Gasteiger partial charge in [-0.15, -0.1) is 0 Å². The van der Waals surface area contributed by atoms with E-state index in [0.29, 0.717) is 6.92 Å². The van der Waals surface area contributed by atoms with Gasteiger partial charge in [-0.1, -0.05) is 6.92 Å². The van der Waals surface area contributed by atoms with Crippen molar-refractivity contribution in [3.05, 3.63) is 0 Å². The van der Waals surface area contributed by atoms with Crippen molar-refractivity contribution in [1.82, 2.24) is 0 Å². The second-order valence-corrected chi connectivity index (χ2v) is 4.85. The van der Waals surface area contributed by atoms with Crippen LogP contribution in [0.15, 0.2) is 0 Å². The first-order valence-electron chi connectivity index (χ1n) is 5.87. The topological polar surface area (TPSA) is 26.3 Å². The van der Waals surface area contributed by atoms with E-state index in [1.807, 2.05) is 0 Å². The van der Waals surface area contributed by atoms with Crippen molar-refractivity contribution in [2.75, 3.05) is 6.61 Å². The summed E-state index contributed by atoms with van der Waals surface area (Å²) in [5.41, 5.74) is -3.10. The molecule has 0 bridgehead atoms. The molecule has 0 rings (SSSR count). The molecule has 0 saturated heterocycles. The first-order chi connectivity index (χ1) is 9.59. The second-order valence-electron chi connectivity index (χ2n) is 4.85. The van der Waals surface area contributed by atoms with Crippen LogP contribution in [-0.2, 0) is 9.53 Å². The van der Waals surface area contributed by atoms with E-state index < -0.39 is 55.3 Å². The van der Waals surface area contributed by atoms with Crippen molar-refractivity contribution < 1.29 is 49.0 Å². The van der Waals surface area contributed by atoms with Gasteiger partial charge in [0.25, 0.3) is 5.92 Å². The summed E-state index contributed by atoms with van der Waals surface area (Å²) in [6.45, 7) is -0.821. The van der Waals surface area contributed by atoms with Crippen LogP contribution < -0.4 is 0 Å². The van der Waals surface area contributed by atoms with Crippen LogP contribution in [-0.4, -0.2) is 37.0 Å². The zero-order valence-corrected chi connectivity index (χ0v) is 11.4. The lowest BCUT2D eigenvalue weighted by atomic mass is 9.87. The van der Waals surface area contributed by atoms with Crippen LogP contribution in [0.5, 0.6) is 0 Å². The maximum absolute atomic E-state index is 13.1. The molecule has 0 N–H and O–H groups in total. The molecule has 1 atom stereocenters. The van der Waals surface area contributed by atoms with Crippen LogP contribution in [0.4, 0.5) is 39.5 Å². The summed E-state index contributed by atoms with van der Waals surface area (Å²) < 4.78 is 116. The van der Waals surface area contributed by atoms with Crippen LogP contribution in [0.1, 0.15) is 26.7 Å². The van der Waals surface area contributed by atoms with Crippen molar-refractivity contribution in [3.8, 4) is 0 Å². The van der Waals surface area contributed by atoms with Crippen LogP contribution in [0.3, 0.4) is 0 Å². The van der Waals surface area contributed by atoms with E-state index in [-0.39, 0.29) is 0 Å². The minimum atomic E-state index is -5.11. The fourth-order valence-corrected chi connectivity index (χ4v) is 1.26. The Bertz CT molecular complexity index is 392. The van der Waals surface area contributed by atoms with Crippen molar-refractivity contribution in [2.24, 2.45) is 5.41 Å². The Labute approximate surface area is 119 Å². The summed E-state index contributed by atoms with van der Waals surface area (Å²) in [5.74, 6) is -11.8. The number of carbonyl (C=O) groups excluding carboxylic acids is 1. The molecule has 0 heterocycles. The molecule has 0 aromatic carbocycles. The number of carbonyl (C=O) groups is 1. The van der Waals surface area contributed by atoms with E-state index in [1.54, 1.807) is 0 Å². The molecule has 132 valence electrons. The van der Waals surface area contributed by atoms with E-state index in [2.05, 4.69) is 4.74 Å². The van der Waals surface area contributed by atoms with E-state index >= 15 is 0 Å². The molecule has 1 unspecified atom stereocenters. The highest BCUT2D eigenvalue weighted by Crippen LogP contribution is 2.42. The van der Waals surface area contributed by atoms with E-state index in [0.717, 1.165) is 6.92 Å². The third-order valence-corrected chi connectivity index (χ3v) is 3.01. The van der Waals surface area contributed by atoms with Crippen molar-refractivity contribution >= 4 is 5.97 Å². The molecule has 0 fully saturated rings. The largest absolute Gasteiger partial charge is 0.459 e. The molecular formula is C11H13F9O2. The molecule has 0 amide bonds. The quantitative estimate of drug-likeness (QED) is 0.502. The van der Waals surface area contributed by atoms with Crippen LogP contribution in [0.25, 0.3) is 0 Å². The van der Waals surface area contributed by atoms with Crippen LogP contribution in [0.2, 0.25) is 0 Å². The molecule has 0 spiro atoms. The highest BCUT2D eigenvalue weighted by molar-refractivity contribution is 5.77. The van der Waals surface area contributed by atoms with Gasteiger partial charge in [-0.05, 0) is 13.3 Å². The molecule has 22 heavy (non-hydrogen) atoms. The molecule has 0 radical (unpaired) electrons. The molecule has 0 aliphatic rings. The molecule has 11 heteroatoms. The predicted molar refractivity (Wildman–Crippen MR) is 55.9 cm³/mol. The lowest BCUT2D eigenvalue weighted by Gasteiger charge is -2.29. The summed E-state index contributed by atoms with van der Waals surface area (Å²) >= 11 is 0. The highest BCUT2D eigenvalue weighted by Gasteiger charge is 2.57. The number of esters is 1. The lowest BCUT2D eigenvalue weighted by molar-refractivity contribution is -0.238. The SMILES string of the molecule is CCC(C)(C(=O)OCC(F)(F)CC(F)(F)C(F)F)C(F)(F)F. The fraction of sp³-hybridized carbons (Fsp3) is 0.909. The molecular weight excluding hydrogens is 335 g/mol. The number of halogens is 9. The zero-order valence-electron chi connectivity index (χ0n) is 11.4. The Morgan fingerprint density at radius 2 is 1.50 bits per heavy atom. The van der Waals surface area contributed by atoms with Crippen molar-refractivity contribution in [2.45, 2.75) is 51.1 Å². The Morgan fingerprint density at radius 3 is 1.82 bits per heavy atom. The first-order valence-corrected chi connectivity index (χ1v) is 5.87. The standard InChI is InChI=1S/C11H13F9O2/c1-3-8(2,11(18,19)20)7(21)22-5-9(14,15)4-10(16,17)6(12)13/h6H,3-5H2,1-2H3. The summed E-state index contributed by atoms with van der Waals surface area (Å²) in [7, 11) is 0. The number of alkyl halides is 9. The molecule has 0 aliphatic heterocycles. The van der Waals surface area contributed by atoms with Crippen LogP contribution >= 0.6 is 0 Å². The number of hydrogen-bond donors (Lipinski definition) is 0. The minimum absolute atomic E-state index is 0.390. The fourth-order valence-electron chi connectivity index (χ4n) is 1.26. The third-order valence-electron chi connectivity index (χ3n) is 3.01. The molecule has 0 aliphatic carbocycles. The van der Waals surface area contributed by atoms with Gasteiger partial charge >= 0.3 is 24.5 Å².